The number of nitrogens with zero attached hydrogens (tertiary/aromatic N) is 2. The first-order valence-electron chi connectivity index (χ1n) is 9.14. The van der Waals surface area contributed by atoms with Crippen LogP contribution in [0.4, 0.5) is 13.2 Å². The molecular formula is C19H23F3N2O. The van der Waals surface area contributed by atoms with Gasteiger partial charge in [-0.1, -0.05) is 13.3 Å². The normalized spacial score (nSPS) is 31.8. The molecule has 4 rings (SSSR count). The van der Waals surface area contributed by atoms with Crippen LogP contribution in [0.5, 0.6) is 0 Å². The SMILES string of the molecule is CC1CC2CCC[C@@]2(C(=O)N2CCc3ncc(C(F)(F)F)cc3C2)C1. The van der Waals surface area contributed by atoms with E-state index in [9.17, 15) is 18.0 Å². The highest BCUT2D eigenvalue weighted by Crippen LogP contribution is 2.57. The molecule has 0 spiro atoms. The topological polar surface area (TPSA) is 33.2 Å². The van der Waals surface area contributed by atoms with Crippen LogP contribution in [0, 0.1) is 17.3 Å². The quantitative estimate of drug-likeness (QED) is 0.759. The van der Waals surface area contributed by atoms with Crippen LogP contribution < -0.4 is 0 Å². The number of carbonyl (C=O) groups excluding carboxylic acids is 1. The summed E-state index contributed by atoms with van der Waals surface area (Å²) in [6, 6.07) is 1.17. The molecule has 1 aliphatic heterocycles. The van der Waals surface area contributed by atoms with Crippen molar-refractivity contribution in [2.75, 3.05) is 6.54 Å². The van der Waals surface area contributed by atoms with Gasteiger partial charge in [0.1, 0.15) is 0 Å². The maximum absolute atomic E-state index is 13.3. The molecular weight excluding hydrogens is 329 g/mol. The second kappa shape index (κ2) is 5.71. The van der Waals surface area contributed by atoms with Crippen molar-refractivity contribution in [3.05, 3.63) is 29.1 Å². The van der Waals surface area contributed by atoms with E-state index in [1.807, 2.05) is 0 Å². The Balaban J connectivity index is 1.59. The number of pyridine rings is 1. The fourth-order valence-corrected chi connectivity index (χ4v) is 5.39. The number of aromatic nitrogens is 1. The van der Waals surface area contributed by atoms with Crippen LogP contribution in [0.25, 0.3) is 0 Å². The van der Waals surface area contributed by atoms with Gasteiger partial charge in [0.2, 0.25) is 5.91 Å². The van der Waals surface area contributed by atoms with Crippen molar-refractivity contribution in [2.45, 2.75) is 58.2 Å². The van der Waals surface area contributed by atoms with E-state index in [2.05, 4.69) is 11.9 Å². The molecule has 136 valence electrons. The Kier molecular flexibility index (Phi) is 3.85. The van der Waals surface area contributed by atoms with Crippen LogP contribution in [0.2, 0.25) is 0 Å². The lowest BCUT2D eigenvalue weighted by molar-refractivity contribution is -0.144. The van der Waals surface area contributed by atoms with E-state index >= 15 is 0 Å². The van der Waals surface area contributed by atoms with E-state index in [0.29, 0.717) is 36.1 Å². The van der Waals surface area contributed by atoms with Crippen LogP contribution in [-0.2, 0) is 23.9 Å². The molecule has 3 aliphatic rings. The first-order chi connectivity index (χ1) is 11.8. The lowest BCUT2D eigenvalue weighted by Crippen LogP contribution is -2.46. The summed E-state index contributed by atoms with van der Waals surface area (Å²) in [5.41, 5.74) is 0.252. The fourth-order valence-electron chi connectivity index (χ4n) is 5.39. The zero-order chi connectivity index (χ0) is 17.8. The summed E-state index contributed by atoms with van der Waals surface area (Å²) in [4.78, 5) is 19.1. The number of rotatable bonds is 1. The minimum absolute atomic E-state index is 0.169. The molecule has 2 unspecified atom stereocenters. The monoisotopic (exact) mass is 352 g/mol. The highest BCUT2D eigenvalue weighted by molar-refractivity contribution is 5.84. The van der Waals surface area contributed by atoms with Crippen LogP contribution in [0.15, 0.2) is 12.3 Å². The van der Waals surface area contributed by atoms with Crippen LogP contribution >= 0.6 is 0 Å². The third kappa shape index (κ3) is 2.74. The summed E-state index contributed by atoms with van der Waals surface area (Å²) in [5, 5.41) is 0. The summed E-state index contributed by atoms with van der Waals surface area (Å²) in [5.74, 6) is 1.18. The van der Waals surface area contributed by atoms with Crippen molar-refractivity contribution in [2.24, 2.45) is 17.3 Å². The number of hydrogen-bond acceptors (Lipinski definition) is 2. The fraction of sp³-hybridized carbons (Fsp3) is 0.684. The van der Waals surface area contributed by atoms with Crippen LogP contribution in [0.3, 0.4) is 0 Å². The van der Waals surface area contributed by atoms with Crippen molar-refractivity contribution in [1.29, 1.82) is 0 Å². The third-order valence-electron chi connectivity index (χ3n) is 6.44. The molecule has 0 N–H and O–H groups in total. The molecule has 2 heterocycles. The second-order valence-electron chi connectivity index (χ2n) is 8.09. The minimum atomic E-state index is -4.40. The van der Waals surface area contributed by atoms with Crippen molar-refractivity contribution in [3.63, 3.8) is 0 Å². The van der Waals surface area contributed by atoms with Crippen molar-refractivity contribution < 1.29 is 18.0 Å². The Morgan fingerprint density at radius 1 is 1.40 bits per heavy atom. The largest absolute Gasteiger partial charge is 0.417 e. The van der Waals surface area contributed by atoms with Crippen LogP contribution in [-0.4, -0.2) is 22.3 Å². The zero-order valence-corrected chi connectivity index (χ0v) is 14.4. The molecule has 2 saturated carbocycles. The molecule has 0 bridgehead atoms. The highest BCUT2D eigenvalue weighted by atomic mass is 19.4. The van der Waals surface area contributed by atoms with E-state index in [0.717, 1.165) is 38.3 Å². The molecule has 2 fully saturated rings. The lowest BCUT2D eigenvalue weighted by atomic mass is 9.78. The van der Waals surface area contributed by atoms with Gasteiger partial charge < -0.3 is 4.90 Å². The minimum Gasteiger partial charge on any atom is -0.337 e. The first-order valence-corrected chi connectivity index (χ1v) is 9.14. The zero-order valence-electron chi connectivity index (χ0n) is 14.4. The number of hydrogen-bond donors (Lipinski definition) is 0. The van der Waals surface area contributed by atoms with E-state index in [1.165, 1.54) is 6.07 Å². The number of carbonyl (C=O) groups is 1. The number of halogens is 3. The molecule has 0 aromatic carbocycles. The predicted molar refractivity (Wildman–Crippen MR) is 86.5 cm³/mol. The molecule has 0 saturated heterocycles. The van der Waals surface area contributed by atoms with Gasteiger partial charge in [-0.15, -0.1) is 0 Å². The van der Waals surface area contributed by atoms with Gasteiger partial charge >= 0.3 is 6.18 Å². The molecule has 0 radical (unpaired) electrons. The maximum Gasteiger partial charge on any atom is 0.417 e. The second-order valence-corrected chi connectivity index (χ2v) is 8.09. The summed E-state index contributed by atoms with van der Waals surface area (Å²) in [6.45, 7) is 3.03. The molecule has 3 atom stereocenters. The Hall–Kier alpha value is -1.59. The Labute approximate surface area is 145 Å². The number of amides is 1. The van der Waals surface area contributed by atoms with Gasteiger partial charge in [0.15, 0.2) is 0 Å². The van der Waals surface area contributed by atoms with Gasteiger partial charge in [0.25, 0.3) is 0 Å². The smallest absolute Gasteiger partial charge is 0.337 e. The third-order valence-corrected chi connectivity index (χ3v) is 6.44. The van der Waals surface area contributed by atoms with Gasteiger partial charge in [-0.3, -0.25) is 9.78 Å². The summed E-state index contributed by atoms with van der Waals surface area (Å²) < 4.78 is 38.9. The van der Waals surface area contributed by atoms with E-state index in [4.69, 9.17) is 0 Å². The average Bonchev–Trinajstić information content (AvgIpc) is 3.09. The molecule has 1 amide bonds. The molecule has 1 aromatic rings. The van der Waals surface area contributed by atoms with Crippen molar-refractivity contribution in [1.82, 2.24) is 9.88 Å². The van der Waals surface area contributed by atoms with Gasteiger partial charge in [-0.05, 0) is 49.1 Å². The van der Waals surface area contributed by atoms with Crippen molar-refractivity contribution in [3.8, 4) is 0 Å². The Morgan fingerprint density at radius 2 is 2.20 bits per heavy atom. The van der Waals surface area contributed by atoms with E-state index < -0.39 is 11.7 Å². The lowest BCUT2D eigenvalue weighted by Gasteiger charge is -2.37. The predicted octanol–water partition coefficient (Wildman–Crippen LogP) is 4.20. The molecule has 25 heavy (non-hydrogen) atoms. The van der Waals surface area contributed by atoms with Gasteiger partial charge in [0.05, 0.1) is 11.0 Å². The summed E-state index contributed by atoms with van der Waals surface area (Å²) in [7, 11) is 0. The molecule has 6 heteroatoms. The Bertz CT molecular complexity index is 702. The average molecular weight is 352 g/mol. The standard InChI is InChI=1S/C19H23F3N2O/c1-12-7-14-3-2-5-18(14,9-12)17(25)24-6-4-16-13(11-24)8-15(10-23-16)19(20,21)22/h8,10,12,14H,2-7,9,11H2,1H3/t12?,14?,18-/m1/s1. The number of fused-ring (bicyclic) bond motifs is 2. The van der Waals surface area contributed by atoms with Gasteiger partial charge in [0, 0.05) is 31.4 Å². The maximum atomic E-state index is 13.3. The summed E-state index contributed by atoms with van der Waals surface area (Å²) >= 11 is 0. The van der Waals surface area contributed by atoms with Crippen molar-refractivity contribution >= 4 is 5.91 Å². The molecule has 1 aromatic heterocycles. The van der Waals surface area contributed by atoms with Gasteiger partial charge in [-0.25, -0.2) is 0 Å². The molecule has 2 aliphatic carbocycles. The van der Waals surface area contributed by atoms with E-state index in [-0.39, 0.29) is 17.9 Å². The van der Waals surface area contributed by atoms with Gasteiger partial charge in [-0.2, -0.15) is 13.2 Å². The molecule has 3 nitrogen and oxygen atoms in total. The highest BCUT2D eigenvalue weighted by Gasteiger charge is 2.55. The Morgan fingerprint density at radius 3 is 2.96 bits per heavy atom. The number of alkyl halides is 3. The van der Waals surface area contributed by atoms with E-state index in [1.54, 1.807) is 4.90 Å². The summed E-state index contributed by atoms with van der Waals surface area (Å²) in [6.07, 6.45) is 2.22. The first kappa shape index (κ1) is 16.9. The van der Waals surface area contributed by atoms with Crippen LogP contribution in [0.1, 0.15) is 55.8 Å².